The third-order valence-corrected chi connectivity index (χ3v) is 4.92. The van der Waals surface area contributed by atoms with Crippen molar-refractivity contribution in [3.8, 4) is 5.75 Å². The quantitative estimate of drug-likeness (QED) is 0.504. The molecule has 0 spiro atoms. The van der Waals surface area contributed by atoms with Crippen molar-refractivity contribution in [1.82, 2.24) is 4.98 Å². The summed E-state index contributed by atoms with van der Waals surface area (Å²) in [5.74, 6) is -0.907. The van der Waals surface area contributed by atoms with Gasteiger partial charge in [-0.3, -0.25) is 0 Å². The fourth-order valence-electron chi connectivity index (χ4n) is 2.38. The van der Waals surface area contributed by atoms with Gasteiger partial charge < -0.3 is 8.92 Å². The van der Waals surface area contributed by atoms with Gasteiger partial charge in [-0.15, -0.1) is 0 Å². The molecule has 0 atom stereocenters. The van der Waals surface area contributed by atoms with Crippen LogP contribution in [0.5, 0.6) is 5.75 Å². The van der Waals surface area contributed by atoms with E-state index < -0.39 is 16.1 Å². The molecule has 0 fully saturated rings. The summed E-state index contributed by atoms with van der Waals surface area (Å²) in [6, 6.07) is 14.7. The molecule has 134 valence electrons. The average molecular weight is 371 g/mol. The summed E-state index contributed by atoms with van der Waals surface area (Å²) in [5, 5.41) is 0.648. The SMILES string of the molecule is CCOC(=O)c1nc2ccccc2cc1OS(=O)(=O)c1ccc(C)cc1. The molecule has 6 nitrogen and oxygen atoms in total. The van der Waals surface area contributed by atoms with Crippen LogP contribution < -0.4 is 4.18 Å². The number of ether oxygens (including phenoxy) is 1. The van der Waals surface area contributed by atoms with Gasteiger partial charge in [0.2, 0.25) is 0 Å². The number of aromatic nitrogens is 1. The summed E-state index contributed by atoms with van der Waals surface area (Å²) >= 11 is 0. The van der Waals surface area contributed by atoms with E-state index in [1.54, 1.807) is 43.3 Å². The highest BCUT2D eigenvalue weighted by Crippen LogP contribution is 2.27. The monoisotopic (exact) mass is 371 g/mol. The third kappa shape index (κ3) is 3.67. The molecule has 2 aromatic carbocycles. The normalized spacial score (nSPS) is 11.3. The molecule has 26 heavy (non-hydrogen) atoms. The highest BCUT2D eigenvalue weighted by molar-refractivity contribution is 7.87. The van der Waals surface area contributed by atoms with Gasteiger partial charge in [-0.1, -0.05) is 35.9 Å². The number of esters is 1. The smallest absolute Gasteiger partial charge is 0.360 e. The van der Waals surface area contributed by atoms with Gasteiger partial charge in [0, 0.05) is 5.39 Å². The zero-order valence-electron chi connectivity index (χ0n) is 14.3. The molecule has 0 N–H and O–H groups in total. The average Bonchev–Trinajstić information content (AvgIpc) is 2.61. The molecule has 0 saturated carbocycles. The third-order valence-electron chi connectivity index (χ3n) is 3.67. The lowest BCUT2D eigenvalue weighted by Crippen LogP contribution is -2.15. The van der Waals surface area contributed by atoms with Crippen molar-refractivity contribution >= 4 is 27.0 Å². The van der Waals surface area contributed by atoms with Crippen molar-refractivity contribution in [2.75, 3.05) is 6.61 Å². The van der Waals surface area contributed by atoms with Gasteiger partial charge in [0.15, 0.2) is 11.4 Å². The number of benzene rings is 2. The molecular formula is C19H17NO5S. The van der Waals surface area contributed by atoms with Gasteiger partial charge in [-0.05, 0) is 38.1 Å². The van der Waals surface area contributed by atoms with E-state index in [9.17, 15) is 13.2 Å². The van der Waals surface area contributed by atoms with Crippen molar-refractivity contribution < 1.29 is 22.1 Å². The maximum absolute atomic E-state index is 12.6. The van der Waals surface area contributed by atoms with Gasteiger partial charge in [-0.25, -0.2) is 9.78 Å². The zero-order chi connectivity index (χ0) is 18.7. The lowest BCUT2D eigenvalue weighted by molar-refractivity contribution is 0.0518. The van der Waals surface area contributed by atoms with Crippen molar-refractivity contribution in [3.05, 3.63) is 65.9 Å². The molecule has 1 heterocycles. The highest BCUT2D eigenvalue weighted by Gasteiger charge is 2.24. The molecule has 0 aliphatic rings. The Labute approximate surface area is 151 Å². The zero-order valence-corrected chi connectivity index (χ0v) is 15.1. The Morgan fingerprint density at radius 1 is 1.08 bits per heavy atom. The van der Waals surface area contributed by atoms with Crippen LogP contribution in [0.3, 0.4) is 0 Å². The Balaban J connectivity index is 2.08. The van der Waals surface area contributed by atoms with E-state index in [-0.39, 0.29) is 22.9 Å². The summed E-state index contributed by atoms with van der Waals surface area (Å²) in [5.41, 5.74) is 1.28. The number of fused-ring (bicyclic) bond motifs is 1. The molecule has 1 aromatic heterocycles. The van der Waals surface area contributed by atoms with E-state index in [0.717, 1.165) is 5.56 Å². The van der Waals surface area contributed by atoms with Crippen LogP contribution >= 0.6 is 0 Å². The molecule has 0 unspecified atom stereocenters. The molecule has 0 radical (unpaired) electrons. The maximum atomic E-state index is 12.6. The van der Waals surface area contributed by atoms with Crippen LogP contribution in [0.1, 0.15) is 23.0 Å². The van der Waals surface area contributed by atoms with Crippen LogP contribution in [-0.4, -0.2) is 26.0 Å². The minimum atomic E-state index is -4.12. The minimum absolute atomic E-state index is 0.00827. The summed E-state index contributed by atoms with van der Waals surface area (Å²) < 4.78 is 35.4. The van der Waals surface area contributed by atoms with Crippen LogP contribution in [0.25, 0.3) is 10.9 Å². The van der Waals surface area contributed by atoms with Crippen LogP contribution in [0.4, 0.5) is 0 Å². The van der Waals surface area contributed by atoms with E-state index in [0.29, 0.717) is 10.9 Å². The van der Waals surface area contributed by atoms with E-state index in [2.05, 4.69) is 4.98 Å². The molecule has 3 aromatic rings. The van der Waals surface area contributed by atoms with E-state index >= 15 is 0 Å². The van der Waals surface area contributed by atoms with Crippen molar-refractivity contribution in [2.24, 2.45) is 0 Å². The minimum Gasteiger partial charge on any atom is -0.461 e. The van der Waals surface area contributed by atoms with Crippen LogP contribution in [-0.2, 0) is 14.9 Å². The first kappa shape index (κ1) is 17.9. The molecule has 0 aliphatic carbocycles. The fourth-order valence-corrected chi connectivity index (χ4v) is 3.31. The number of rotatable bonds is 5. The predicted octanol–water partition coefficient (Wildman–Crippen LogP) is 3.49. The first-order chi connectivity index (χ1) is 12.4. The Bertz CT molecular complexity index is 1060. The van der Waals surface area contributed by atoms with E-state index in [4.69, 9.17) is 8.92 Å². The van der Waals surface area contributed by atoms with Gasteiger partial charge in [0.1, 0.15) is 4.90 Å². The molecule has 0 aliphatic heterocycles. The Hall–Kier alpha value is -2.93. The highest BCUT2D eigenvalue weighted by atomic mass is 32.2. The Morgan fingerprint density at radius 2 is 1.77 bits per heavy atom. The standard InChI is InChI=1S/C19H17NO5S/c1-3-24-19(21)18-17(12-14-6-4-5-7-16(14)20-18)25-26(22,23)15-10-8-13(2)9-11-15/h4-12H,3H2,1-2H3. The van der Waals surface area contributed by atoms with Gasteiger partial charge in [-0.2, -0.15) is 8.42 Å². The molecule has 0 bridgehead atoms. The summed E-state index contributed by atoms with van der Waals surface area (Å²) in [4.78, 5) is 16.4. The molecule has 0 saturated heterocycles. The first-order valence-electron chi connectivity index (χ1n) is 7.99. The second-order valence-electron chi connectivity index (χ2n) is 5.60. The molecule has 7 heteroatoms. The Morgan fingerprint density at radius 3 is 2.46 bits per heavy atom. The summed E-state index contributed by atoms with van der Waals surface area (Å²) in [6.45, 7) is 3.64. The maximum Gasteiger partial charge on any atom is 0.360 e. The largest absolute Gasteiger partial charge is 0.461 e. The number of carbonyl (C=O) groups excluding carboxylic acids is 1. The number of carbonyl (C=O) groups is 1. The van der Waals surface area contributed by atoms with Crippen LogP contribution in [0.2, 0.25) is 0 Å². The topological polar surface area (TPSA) is 82.6 Å². The summed E-state index contributed by atoms with van der Waals surface area (Å²) in [7, 11) is -4.12. The number of para-hydroxylation sites is 1. The van der Waals surface area contributed by atoms with Crippen molar-refractivity contribution in [3.63, 3.8) is 0 Å². The number of nitrogens with zero attached hydrogens (tertiary/aromatic N) is 1. The number of hydrogen-bond donors (Lipinski definition) is 0. The number of hydrogen-bond acceptors (Lipinski definition) is 6. The van der Waals surface area contributed by atoms with Crippen molar-refractivity contribution in [2.45, 2.75) is 18.7 Å². The summed E-state index contributed by atoms with van der Waals surface area (Å²) in [6.07, 6.45) is 0. The molecule has 3 rings (SSSR count). The molecular weight excluding hydrogens is 354 g/mol. The molecule has 0 amide bonds. The fraction of sp³-hybridized carbons (Fsp3) is 0.158. The second kappa shape index (κ2) is 7.13. The number of pyridine rings is 1. The van der Waals surface area contributed by atoms with Gasteiger partial charge >= 0.3 is 16.1 Å². The lowest BCUT2D eigenvalue weighted by atomic mass is 10.2. The first-order valence-corrected chi connectivity index (χ1v) is 9.39. The van der Waals surface area contributed by atoms with Gasteiger partial charge in [0.05, 0.1) is 12.1 Å². The van der Waals surface area contributed by atoms with E-state index in [1.165, 1.54) is 18.2 Å². The predicted molar refractivity (Wildman–Crippen MR) is 96.7 cm³/mol. The lowest BCUT2D eigenvalue weighted by Gasteiger charge is -2.12. The Kier molecular flexibility index (Phi) is 4.90. The van der Waals surface area contributed by atoms with E-state index in [1.807, 2.05) is 6.92 Å². The second-order valence-corrected chi connectivity index (χ2v) is 7.15. The van der Waals surface area contributed by atoms with Gasteiger partial charge in [0.25, 0.3) is 0 Å². The van der Waals surface area contributed by atoms with Crippen molar-refractivity contribution in [1.29, 1.82) is 0 Å². The number of aryl methyl sites for hydroxylation is 1. The van der Waals surface area contributed by atoms with Crippen LogP contribution in [0.15, 0.2) is 59.5 Å². The van der Waals surface area contributed by atoms with Crippen LogP contribution in [0, 0.1) is 6.92 Å².